The lowest BCUT2D eigenvalue weighted by Gasteiger charge is -2.37. The standard InChI is InChI=1S/C18H22F3N3O4/c1-17(2,3)28-16(26)24-9-10-8-13(24)14(10)23-15(25)22-11-4-6-12(7-5-11)27-18(19,20)21/h4-7,10,13-14H,8-9H2,1-3H3,(H2,22,23,25)/t10-,13-,14+/m1/s1. The summed E-state index contributed by atoms with van der Waals surface area (Å²) >= 11 is 0. The van der Waals surface area contributed by atoms with Crippen molar-refractivity contribution in [3.05, 3.63) is 24.3 Å². The van der Waals surface area contributed by atoms with Crippen LogP contribution < -0.4 is 15.4 Å². The van der Waals surface area contributed by atoms with Gasteiger partial charge < -0.3 is 25.0 Å². The third-order valence-corrected chi connectivity index (χ3v) is 4.57. The van der Waals surface area contributed by atoms with Gasteiger partial charge in [0.2, 0.25) is 0 Å². The smallest absolute Gasteiger partial charge is 0.444 e. The largest absolute Gasteiger partial charge is 0.573 e. The fourth-order valence-corrected chi connectivity index (χ4v) is 3.42. The van der Waals surface area contributed by atoms with Crippen LogP contribution in [0.15, 0.2) is 24.3 Å². The third kappa shape index (κ3) is 4.79. The maximum Gasteiger partial charge on any atom is 0.573 e. The predicted octanol–water partition coefficient (Wildman–Crippen LogP) is 3.71. The first-order valence-corrected chi connectivity index (χ1v) is 8.84. The Hall–Kier alpha value is -2.65. The molecule has 0 spiro atoms. The molecule has 1 saturated carbocycles. The summed E-state index contributed by atoms with van der Waals surface area (Å²) in [5.74, 6) is -0.214. The second kappa shape index (κ2) is 7.06. The van der Waals surface area contributed by atoms with Gasteiger partial charge in [-0.15, -0.1) is 13.2 Å². The van der Waals surface area contributed by atoms with E-state index in [0.717, 1.165) is 18.6 Å². The molecule has 2 aliphatic heterocycles. The van der Waals surface area contributed by atoms with Gasteiger partial charge in [-0.25, -0.2) is 9.59 Å². The summed E-state index contributed by atoms with van der Waals surface area (Å²) in [6.45, 7) is 5.90. The number of carbonyl (C=O) groups excluding carboxylic acids is 2. The van der Waals surface area contributed by atoms with Gasteiger partial charge in [-0.05, 0) is 51.5 Å². The highest BCUT2D eigenvalue weighted by Gasteiger charge is 2.55. The summed E-state index contributed by atoms with van der Waals surface area (Å²) in [5.41, 5.74) is -0.269. The maximum absolute atomic E-state index is 12.2. The second-order valence-corrected chi connectivity index (χ2v) is 7.89. The number of rotatable bonds is 3. The quantitative estimate of drug-likeness (QED) is 0.809. The van der Waals surface area contributed by atoms with E-state index in [1.54, 1.807) is 25.7 Å². The van der Waals surface area contributed by atoms with Crippen LogP contribution >= 0.6 is 0 Å². The fraction of sp³-hybridized carbons (Fsp3) is 0.556. The summed E-state index contributed by atoms with van der Waals surface area (Å²) in [6.07, 6.45) is -4.37. The number of benzene rings is 1. The van der Waals surface area contributed by atoms with Crippen LogP contribution in [0, 0.1) is 5.92 Å². The predicted molar refractivity (Wildman–Crippen MR) is 93.9 cm³/mol. The van der Waals surface area contributed by atoms with E-state index in [4.69, 9.17) is 4.74 Å². The molecular formula is C18H22F3N3O4. The Kier molecular flexibility index (Phi) is 5.07. The summed E-state index contributed by atoms with van der Waals surface area (Å²) < 4.78 is 45.6. The number of ether oxygens (including phenoxy) is 2. The number of alkyl halides is 3. The van der Waals surface area contributed by atoms with E-state index in [-0.39, 0.29) is 23.8 Å². The Morgan fingerprint density at radius 2 is 1.79 bits per heavy atom. The number of halogens is 3. The Labute approximate surface area is 160 Å². The van der Waals surface area contributed by atoms with E-state index >= 15 is 0 Å². The average Bonchev–Trinajstić information content (AvgIpc) is 3.11. The topological polar surface area (TPSA) is 79.9 Å². The SMILES string of the molecule is CC(C)(C)OC(=O)N1C[C@H]2C[C@@H]1[C@H]2NC(=O)Nc1ccc(OC(F)(F)F)cc1. The molecule has 3 atom stereocenters. The molecule has 2 saturated heterocycles. The maximum atomic E-state index is 12.2. The number of urea groups is 1. The third-order valence-electron chi connectivity index (χ3n) is 4.57. The zero-order chi connectivity index (χ0) is 20.7. The number of nitrogens with zero attached hydrogens (tertiary/aromatic N) is 1. The van der Waals surface area contributed by atoms with Crippen molar-refractivity contribution in [1.82, 2.24) is 10.2 Å². The van der Waals surface area contributed by atoms with Crippen molar-refractivity contribution in [2.75, 3.05) is 11.9 Å². The highest BCUT2D eigenvalue weighted by atomic mass is 19.4. The summed E-state index contributed by atoms with van der Waals surface area (Å²) in [6, 6.07) is 4.05. The first kappa shape index (κ1) is 20.1. The Bertz CT molecular complexity index is 746. The zero-order valence-electron chi connectivity index (χ0n) is 15.7. The van der Waals surface area contributed by atoms with Gasteiger partial charge in [0, 0.05) is 18.2 Å². The van der Waals surface area contributed by atoms with Crippen LogP contribution in [0.2, 0.25) is 0 Å². The van der Waals surface area contributed by atoms with Gasteiger partial charge in [-0.1, -0.05) is 0 Å². The number of anilines is 1. The van der Waals surface area contributed by atoms with E-state index < -0.39 is 24.1 Å². The Morgan fingerprint density at radius 3 is 2.36 bits per heavy atom. The molecule has 1 aromatic rings. The van der Waals surface area contributed by atoms with Crippen molar-refractivity contribution in [1.29, 1.82) is 0 Å². The van der Waals surface area contributed by atoms with Crippen LogP contribution in [0.5, 0.6) is 5.75 Å². The van der Waals surface area contributed by atoms with Crippen molar-refractivity contribution in [3.8, 4) is 5.75 Å². The van der Waals surface area contributed by atoms with E-state index in [9.17, 15) is 22.8 Å². The van der Waals surface area contributed by atoms with Gasteiger partial charge in [0.25, 0.3) is 0 Å². The monoisotopic (exact) mass is 401 g/mol. The molecule has 10 heteroatoms. The lowest BCUT2D eigenvalue weighted by Crippen LogP contribution is -2.56. The summed E-state index contributed by atoms with van der Waals surface area (Å²) in [5, 5.41) is 5.38. The number of hydrogen-bond donors (Lipinski definition) is 2. The second-order valence-electron chi connectivity index (χ2n) is 7.89. The van der Waals surface area contributed by atoms with Crippen molar-refractivity contribution in [2.24, 2.45) is 5.92 Å². The highest BCUT2D eigenvalue weighted by Crippen LogP contribution is 2.41. The molecule has 0 radical (unpaired) electrons. The number of fused-ring (bicyclic) bond motifs is 1. The fourth-order valence-electron chi connectivity index (χ4n) is 3.42. The normalized spacial score (nSPS) is 23.6. The zero-order valence-corrected chi connectivity index (χ0v) is 15.7. The number of hydrogen-bond acceptors (Lipinski definition) is 4. The lowest BCUT2D eigenvalue weighted by molar-refractivity contribution is -0.274. The molecule has 0 unspecified atom stereocenters. The van der Waals surface area contributed by atoms with E-state index in [1.807, 2.05) is 0 Å². The molecule has 3 aliphatic rings. The van der Waals surface area contributed by atoms with Crippen LogP contribution in [0.1, 0.15) is 27.2 Å². The lowest BCUT2D eigenvalue weighted by atomic mass is 9.80. The molecule has 4 rings (SSSR count). The molecule has 1 aromatic carbocycles. The van der Waals surface area contributed by atoms with Crippen LogP contribution in [0.25, 0.3) is 0 Å². The molecule has 154 valence electrons. The molecule has 2 bridgehead atoms. The van der Waals surface area contributed by atoms with Gasteiger partial charge in [-0.2, -0.15) is 0 Å². The van der Waals surface area contributed by atoms with Crippen LogP contribution in [0.4, 0.5) is 28.4 Å². The number of amides is 3. The van der Waals surface area contributed by atoms with Crippen molar-refractivity contribution in [3.63, 3.8) is 0 Å². The van der Waals surface area contributed by atoms with Gasteiger partial charge >= 0.3 is 18.5 Å². The van der Waals surface area contributed by atoms with Crippen LogP contribution in [0.3, 0.4) is 0 Å². The minimum absolute atomic E-state index is 0.117. The van der Waals surface area contributed by atoms with Gasteiger partial charge in [0.1, 0.15) is 11.4 Å². The van der Waals surface area contributed by atoms with Gasteiger partial charge in [0.15, 0.2) is 0 Å². The van der Waals surface area contributed by atoms with Crippen LogP contribution in [-0.2, 0) is 4.74 Å². The van der Waals surface area contributed by atoms with E-state index in [2.05, 4.69) is 15.4 Å². The molecule has 0 aromatic heterocycles. The Morgan fingerprint density at radius 1 is 1.14 bits per heavy atom. The van der Waals surface area contributed by atoms with E-state index in [1.165, 1.54) is 12.1 Å². The van der Waals surface area contributed by atoms with E-state index in [0.29, 0.717) is 12.2 Å². The molecule has 7 nitrogen and oxygen atoms in total. The molecule has 1 aliphatic carbocycles. The van der Waals surface area contributed by atoms with Gasteiger partial charge in [-0.3, -0.25) is 0 Å². The summed E-state index contributed by atoms with van der Waals surface area (Å²) in [4.78, 5) is 26.0. The molecule has 3 amide bonds. The number of nitrogens with one attached hydrogen (secondary N) is 2. The number of carbonyl (C=O) groups is 2. The molecule has 28 heavy (non-hydrogen) atoms. The first-order valence-electron chi connectivity index (χ1n) is 8.84. The van der Waals surface area contributed by atoms with Crippen molar-refractivity contribution in [2.45, 2.75) is 51.2 Å². The summed E-state index contributed by atoms with van der Waals surface area (Å²) in [7, 11) is 0. The van der Waals surface area contributed by atoms with Gasteiger partial charge in [0.05, 0.1) is 12.1 Å². The minimum atomic E-state index is -4.77. The average molecular weight is 401 g/mol. The molecule has 2 heterocycles. The Balaban J connectivity index is 1.50. The van der Waals surface area contributed by atoms with Crippen molar-refractivity contribution < 1.29 is 32.2 Å². The van der Waals surface area contributed by atoms with Crippen molar-refractivity contribution >= 4 is 17.8 Å². The molecule has 3 fully saturated rings. The minimum Gasteiger partial charge on any atom is -0.444 e. The first-order chi connectivity index (χ1) is 12.9. The molecular weight excluding hydrogens is 379 g/mol. The van der Waals surface area contributed by atoms with Crippen LogP contribution in [-0.4, -0.2) is 47.6 Å². The molecule has 2 N–H and O–H groups in total. The highest BCUT2D eigenvalue weighted by molar-refractivity contribution is 5.89.